The highest BCUT2D eigenvalue weighted by Gasteiger charge is 2.13. The molecule has 21 heavy (non-hydrogen) atoms. The van der Waals surface area contributed by atoms with Crippen LogP contribution >= 0.6 is 11.6 Å². The van der Waals surface area contributed by atoms with Gasteiger partial charge in [-0.1, -0.05) is 11.6 Å². The average Bonchev–Trinajstić information content (AvgIpc) is 2.48. The second kappa shape index (κ2) is 6.54. The van der Waals surface area contributed by atoms with E-state index in [4.69, 9.17) is 21.1 Å². The lowest BCUT2D eigenvalue weighted by Crippen LogP contribution is -2.02. The van der Waals surface area contributed by atoms with E-state index < -0.39 is 11.6 Å². The highest BCUT2D eigenvalue weighted by atomic mass is 35.5. The number of halogens is 3. The van der Waals surface area contributed by atoms with Crippen molar-refractivity contribution >= 4 is 17.9 Å². The number of carbonyl (C=O) groups excluding carboxylic acids is 1. The summed E-state index contributed by atoms with van der Waals surface area (Å²) in [6, 6.07) is 5.91. The van der Waals surface area contributed by atoms with E-state index in [0.717, 1.165) is 18.2 Å². The smallest absolute Gasteiger partial charge is 0.180 e. The minimum Gasteiger partial charge on any atom is -0.493 e. The van der Waals surface area contributed by atoms with Gasteiger partial charge >= 0.3 is 0 Å². The molecule has 0 aliphatic carbocycles. The Morgan fingerprint density at radius 2 is 2.00 bits per heavy atom. The Labute approximate surface area is 125 Å². The molecular weight excluding hydrogens is 302 g/mol. The van der Waals surface area contributed by atoms with Gasteiger partial charge in [0.2, 0.25) is 0 Å². The zero-order valence-electron chi connectivity index (χ0n) is 11.0. The SMILES string of the molecule is COc1cc(C=O)cc(Cl)c1OCc1cc(F)ccc1F. The maximum absolute atomic E-state index is 13.5. The maximum Gasteiger partial charge on any atom is 0.180 e. The first kappa shape index (κ1) is 15.3. The molecule has 0 bridgehead atoms. The predicted octanol–water partition coefficient (Wildman–Crippen LogP) is 4.02. The van der Waals surface area contributed by atoms with E-state index in [9.17, 15) is 13.6 Å². The van der Waals surface area contributed by atoms with Crippen LogP contribution in [0.2, 0.25) is 5.02 Å². The van der Waals surface area contributed by atoms with Gasteiger partial charge in [0.15, 0.2) is 11.5 Å². The summed E-state index contributed by atoms with van der Waals surface area (Å²) in [5.41, 5.74) is 0.369. The van der Waals surface area contributed by atoms with Crippen molar-refractivity contribution in [3.05, 3.63) is 58.1 Å². The number of hydrogen-bond acceptors (Lipinski definition) is 3. The third kappa shape index (κ3) is 3.49. The van der Waals surface area contributed by atoms with E-state index >= 15 is 0 Å². The lowest BCUT2D eigenvalue weighted by Gasteiger charge is -2.13. The normalized spacial score (nSPS) is 10.3. The standard InChI is InChI=1S/C15H11ClF2O3/c1-20-14-5-9(7-19)4-12(16)15(14)21-8-10-6-11(17)2-3-13(10)18/h2-7H,8H2,1H3. The number of benzene rings is 2. The van der Waals surface area contributed by atoms with Crippen LogP contribution in [0.25, 0.3) is 0 Å². The largest absolute Gasteiger partial charge is 0.493 e. The second-order valence-corrected chi connectivity index (χ2v) is 4.58. The summed E-state index contributed by atoms with van der Waals surface area (Å²) in [4.78, 5) is 10.8. The molecule has 0 aromatic heterocycles. The molecule has 0 aliphatic rings. The fourth-order valence-corrected chi connectivity index (χ4v) is 2.03. The van der Waals surface area contributed by atoms with Crippen LogP contribution in [0.5, 0.6) is 11.5 Å². The Morgan fingerprint density at radius 3 is 2.67 bits per heavy atom. The summed E-state index contributed by atoms with van der Waals surface area (Å²) in [5.74, 6) is -0.754. The summed E-state index contributed by atoms with van der Waals surface area (Å²) in [6.45, 7) is -0.222. The molecule has 0 fully saturated rings. The zero-order chi connectivity index (χ0) is 15.4. The van der Waals surface area contributed by atoms with Gasteiger partial charge in [0.1, 0.15) is 24.5 Å². The molecule has 6 heteroatoms. The zero-order valence-corrected chi connectivity index (χ0v) is 11.8. The molecule has 110 valence electrons. The molecule has 2 aromatic carbocycles. The van der Waals surface area contributed by atoms with Gasteiger partial charge in [-0.3, -0.25) is 4.79 Å². The van der Waals surface area contributed by atoms with Gasteiger partial charge in [0, 0.05) is 11.1 Å². The Balaban J connectivity index is 2.27. The fourth-order valence-electron chi connectivity index (χ4n) is 1.75. The molecule has 0 spiro atoms. The van der Waals surface area contributed by atoms with Crippen molar-refractivity contribution in [2.75, 3.05) is 7.11 Å². The van der Waals surface area contributed by atoms with Crippen LogP contribution in [0.3, 0.4) is 0 Å². The summed E-state index contributed by atoms with van der Waals surface area (Å²) >= 11 is 6.00. The van der Waals surface area contributed by atoms with Gasteiger partial charge in [0.05, 0.1) is 12.1 Å². The number of carbonyl (C=O) groups is 1. The van der Waals surface area contributed by atoms with Gasteiger partial charge < -0.3 is 9.47 Å². The van der Waals surface area contributed by atoms with E-state index in [2.05, 4.69) is 0 Å². The number of rotatable bonds is 5. The Kier molecular flexibility index (Phi) is 4.75. The molecule has 0 heterocycles. The van der Waals surface area contributed by atoms with Crippen LogP contribution in [-0.4, -0.2) is 13.4 Å². The molecule has 2 aromatic rings. The summed E-state index contributed by atoms with van der Waals surface area (Å²) in [7, 11) is 1.38. The van der Waals surface area contributed by atoms with E-state index in [0.29, 0.717) is 11.8 Å². The first-order valence-corrected chi connectivity index (χ1v) is 6.32. The fraction of sp³-hybridized carbons (Fsp3) is 0.133. The quantitative estimate of drug-likeness (QED) is 0.782. The second-order valence-electron chi connectivity index (χ2n) is 4.18. The first-order valence-electron chi connectivity index (χ1n) is 5.94. The molecule has 0 radical (unpaired) electrons. The Bertz CT molecular complexity index is 674. The number of aldehydes is 1. The van der Waals surface area contributed by atoms with Crippen LogP contribution in [0.15, 0.2) is 30.3 Å². The third-order valence-electron chi connectivity index (χ3n) is 2.77. The number of ether oxygens (including phenoxy) is 2. The van der Waals surface area contributed by atoms with Crippen molar-refractivity contribution in [1.29, 1.82) is 0 Å². The molecule has 0 saturated carbocycles. The van der Waals surface area contributed by atoms with E-state index in [-0.39, 0.29) is 28.7 Å². The van der Waals surface area contributed by atoms with Crippen LogP contribution in [-0.2, 0) is 6.61 Å². The van der Waals surface area contributed by atoms with Crippen molar-refractivity contribution in [1.82, 2.24) is 0 Å². The van der Waals surface area contributed by atoms with Crippen molar-refractivity contribution in [3.8, 4) is 11.5 Å². The molecule has 3 nitrogen and oxygen atoms in total. The van der Waals surface area contributed by atoms with Crippen molar-refractivity contribution < 1.29 is 23.0 Å². The highest BCUT2D eigenvalue weighted by Crippen LogP contribution is 2.36. The van der Waals surface area contributed by atoms with Crippen LogP contribution in [0, 0.1) is 11.6 Å². The molecule has 0 atom stereocenters. The lowest BCUT2D eigenvalue weighted by atomic mass is 10.2. The summed E-state index contributed by atoms with van der Waals surface area (Å²) < 4.78 is 37.1. The molecule has 0 aliphatic heterocycles. The van der Waals surface area contributed by atoms with Crippen LogP contribution in [0.1, 0.15) is 15.9 Å². The summed E-state index contributed by atoms with van der Waals surface area (Å²) in [5, 5.41) is 0.147. The first-order chi connectivity index (χ1) is 10.0. The number of hydrogen-bond donors (Lipinski definition) is 0. The van der Waals surface area contributed by atoms with Crippen molar-refractivity contribution in [2.24, 2.45) is 0 Å². The molecule has 0 amide bonds. The van der Waals surface area contributed by atoms with Gasteiger partial charge in [-0.15, -0.1) is 0 Å². The monoisotopic (exact) mass is 312 g/mol. The van der Waals surface area contributed by atoms with Crippen LogP contribution < -0.4 is 9.47 Å². The lowest BCUT2D eigenvalue weighted by molar-refractivity contribution is 0.112. The average molecular weight is 313 g/mol. The minimum absolute atomic E-state index is 0.0487. The molecule has 0 unspecified atom stereocenters. The van der Waals surface area contributed by atoms with E-state index in [1.807, 2.05) is 0 Å². The predicted molar refractivity (Wildman–Crippen MR) is 74.1 cm³/mol. The van der Waals surface area contributed by atoms with Gasteiger partial charge in [-0.25, -0.2) is 8.78 Å². The summed E-state index contributed by atoms with van der Waals surface area (Å²) in [6.07, 6.45) is 0.615. The van der Waals surface area contributed by atoms with Crippen molar-refractivity contribution in [2.45, 2.75) is 6.61 Å². The maximum atomic E-state index is 13.5. The van der Waals surface area contributed by atoms with Gasteiger partial charge in [-0.2, -0.15) is 0 Å². The number of methoxy groups -OCH3 is 1. The highest BCUT2D eigenvalue weighted by molar-refractivity contribution is 6.32. The third-order valence-corrected chi connectivity index (χ3v) is 3.05. The Hall–Kier alpha value is -2.14. The van der Waals surface area contributed by atoms with E-state index in [1.54, 1.807) is 0 Å². The Morgan fingerprint density at radius 1 is 1.24 bits per heavy atom. The van der Waals surface area contributed by atoms with Crippen LogP contribution in [0.4, 0.5) is 8.78 Å². The molecular formula is C15H11ClF2O3. The van der Waals surface area contributed by atoms with Gasteiger partial charge in [-0.05, 0) is 30.3 Å². The molecule has 0 saturated heterocycles. The van der Waals surface area contributed by atoms with Gasteiger partial charge in [0.25, 0.3) is 0 Å². The topological polar surface area (TPSA) is 35.5 Å². The van der Waals surface area contributed by atoms with Crippen molar-refractivity contribution in [3.63, 3.8) is 0 Å². The molecule has 2 rings (SSSR count). The minimum atomic E-state index is -0.587. The molecule has 0 N–H and O–H groups in total. The van der Waals surface area contributed by atoms with E-state index in [1.165, 1.54) is 19.2 Å².